The van der Waals surface area contributed by atoms with Gasteiger partial charge in [-0.1, -0.05) is 34.1 Å². The molecule has 1 nitrogen and oxygen atoms in total. The molecule has 0 bridgehead atoms. The number of hydrogen-bond donors (Lipinski definition) is 1. The van der Waals surface area contributed by atoms with Gasteiger partial charge in [0.15, 0.2) is 0 Å². The summed E-state index contributed by atoms with van der Waals surface area (Å²) in [5.41, 5.74) is 2.07. The molecule has 2 aromatic carbocycles. The van der Waals surface area contributed by atoms with Crippen LogP contribution < -0.4 is 0 Å². The van der Waals surface area contributed by atoms with Crippen LogP contribution in [0.2, 0.25) is 0 Å². The highest BCUT2D eigenvalue weighted by atomic mass is 79.9. The highest BCUT2D eigenvalue weighted by Crippen LogP contribution is 2.25. The molecule has 1 unspecified atom stereocenters. The van der Waals surface area contributed by atoms with E-state index in [1.54, 1.807) is 12.1 Å². The second-order valence-corrected chi connectivity index (χ2v) is 6.15. The molecule has 0 heterocycles. The van der Waals surface area contributed by atoms with Crippen molar-refractivity contribution in [3.63, 3.8) is 0 Å². The monoisotopic (exact) mass is 386 g/mol. The molecule has 0 aromatic heterocycles. The molecule has 19 heavy (non-hydrogen) atoms. The Morgan fingerprint density at radius 3 is 2.32 bits per heavy atom. The summed E-state index contributed by atoms with van der Waals surface area (Å²) >= 11 is 6.57. The van der Waals surface area contributed by atoms with E-state index in [1.165, 1.54) is 6.07 Å². The van der Waals surface area contributed by atoms with Crippen LogP contribution in [0.5, 0.6) is 0 Å². The third-order valence-corrected chi connectivity index (χ3v) is 4.16. The number of aliphatic hydroxyl groups is 1. The summed E-state index contributed by atoms with van der Waals surface area (Å²) in [4.78, 5) is 0. The van der Waals surface area contributed by atoms with E-state index < -0.39 is 0 Å². The van der Waals surface area contributed by atoms with Gasteiger partial charge in [-0.05, 0) is 57.7 Å². The maximum absolute atomic E-state index is 13.2. The lowest BCUT2D eigenvalue weighted by Crippen LogP contribution is -2.07. The van der Waals surface area contributed by atoms with Crippen molar-refractivity contribution in [3.8, 4) is 0 Å². The fourth-order valence-corrected chi connectivity index (χ4v) is 2.66. The second-order valence-electron chi connectivity index (χ2n) is 4.38. The zero-order valence-electron chi connectivity index (χ0n) is 10.1. The van der Waals surface area contributed by atoms with Crippen LogP contribution in [0.1, 0.15) is 17.0 Å². The van der Waals surface area contributed by atoms with Crippen LogP contribution in [0.25, 0.3) is 0 Å². The Hall–Kier alpha value is -0.710. The minimum Gasteiger partial charge on any atom is -0.396 e. The molecular formula is C15H13Br2FO. The van der Waals surface area contributed by atoms with Gasteiger partial charge < -0.3 is 5.11 Å². The van der Waals surface area contributed by atoms with Crippen LogP contribution in [0.3, 0.4) is 0 Å². The number of aliphatic hydroxyl groups excluding tert-OH is 1. The lowest BCUT2D eigenvalue weighted by Gasteiger charge is -2.15. The standard InChI is InChI=1S/C15H13Br2FO/c16-13-4-2-11(3-5-13)12(9-19)7-10-1-6-15(18)14(17)8-10/h1-6,8,12,19H,7,9H2. The quantitative estimate of drug-likeness (QED) is 0.808. The summed E-state index contributed by atoms with van der Waals surface area (Å²) in [7, 11) is 0. The van der Waals surface area contributed by atoms with Gasteiger partial charge in [-0.25, -0.2) is 4.39 Å². The Bertz CT molecular complexity index is 555. The molecule has 0 spiro atoms. The molecule has 0 amide bonds. The molecule has 0 fully saturated rings. The molecule has 0 aliphatic heterocycles. The van der Waals surface area contributed by atoms with Crippen LogP contribution in [-0.2, 0) is 6.42 Å². The van der Waals surface area contributed by atoms with Crippen molar-refractivity contribution in [2.45, 2.75) is 12.3 Å². The average Bonchev–Trinajstić information content (AvgIpc) is 2.41. The zero-order valence-corrected chi connectivity index (χ0v) is 13.3. The third kappa shape index (κ3) is 3.88. The topological polar surface area (TPSA) is 20.2 Å². The molecule has 0 radical (unpaired) electrons. The van der Waals surface area contributed by atoms with Gasteiger partial charge in [-0.2, -0.15) is 0 Å². The minimum absolute atomic E-state index is 0.0189. The number of hydrogen-bond acceptors (Lipinski definition) is 1. The van der Waals surface area contributed by atoms with Gasteiger partial charge in [-0.15, -0.1) is 0 Å². The van der Waals surface area contributed by atoms with Gasteiger partial charge in [0, 0.05) is 10.4 Å². The molecular weight excluding hydrogens is 375 g/mol. The van der Waals surface area contributed by atoms with Crippen LogP contribution in [0, 0.1) is 5.82 Å². The van der Waals surface area contributed by atoms with Crippen molar-refractivity contribution in [2.75, 3.05) is 6.61 Å². The van der Waals surface area contributed by atoms with Gasteiger partial charge in [0.25, 0.3) is 0 Å². The van der Waals surface area contributed by atoms with Crippen molar-refractivity contribution in [1.82, 2.24) is 0 Å². The third-order valence-electron chi connectivity index (χ3n) is 3.03. The maximum Gasteiger partial charge on any atom is 0.137 e. The van der Waals surface area contributed by atoms with Gasteiger partial charge in [0.1, 0.15) is 5.82 Å². The van der Waals surface area contributed by atoms with E-state index in [9.17, 15) is 9.50 Å². The minimum atomic E-state index is -0.270. The Balaban J connectivity index is 2.18. The number of rotatable bonds is 4. The van der Waals surface area contributed by atoms with Crippen molar-refractivity contribution >= 4 is 31.9 Å². The van der Waals surface area contributed by atoms with E-state index in [4.69, 9.17) is 0 Å². The molecule has 1 N–H and O–H groups in total. The summed E-state index contributed by atoms with van der Waals surface area (Å²) in [6.07, 6.45) is 0.678. The summed E-state index contributed by atoms with van der Waals surface area (Å²) in [6, 6.07) is 12.8. The average molecular weight is 388 g/mol. The summed E-state index contributed by atoms with van der Waals surface area (Å²) in [6.45, 7) is 0.0661. The van der Waals surface area contributed by atoms with Crippen molar-refractivity contribution in [2.24, 2.45) is 0 Å². The normalized spacial score (nSPS) is 12.4. The molecule has 0 aliphatic carbocycles. The lowest BCUT2D eigenvalue weighted by molar-refractivity contribution is 0.264. The van der Waals surface area contributed by atoms with Crippen LogP contribution in [0.4, 0.5) is 4.39 Å². The Kier molecular flexibility index (Phi) is 5.13. The molecule has 1 atom stereocenters. The van der Waals surface area contributed by atoms with Gasteiger partial charge >= 0.3 is 0 Å². The van der Waals surface area contributed by atoms with E-state index in [2.05, 4.69) is 31.9 Å². The van der Waals surface area contributed by atoms with E-state index >= 15 is 0 Å². The van der Waals surface area contributed by atoms with Crippen molar-refractivity contribution < 1.29 is 9.50 Å². The SMILES string of the molecule is OCC(Cc1ccc(F)c(Br)c1)c1ccc(Br)cc1. The van der Waals surface area contributed by atoms with E-state index in [0.717, 1.165) is 15.6 Å². The van der Waals surface area contributed by atoms with Crippen molar-refractivity contribution in [3.05, 3.63) is 68.4 Å². The van der Waals surface area contributed by atoms with Gasteiger partial charge in [-0.3, -0.25) is 0 Å². The second kappa shape index (κ2) is 6.64. The fraction of sp³-hybridized carbons (Fsp3) is 0.200. The highest BCUT2D eigenvalue weighted by molar-refractivity contribution is 9.10. The predicted molar refractivity (Wildman–Crippen MR) is 81.8 cm³/mol. The van der Waals surface area contributed by atoms with Crippen LogP contribution in [-0.4, -0.2) is 11.7 Å². The first kappa shape index (κ1) is 14.7. The van der Waals surface area contributed by atoms with E-state index in [1.807, 2.05) is 24.3 Å². The predicted octanol–water partition coefficient (Wildman–Crippen LogP) is 4.67. The Labute approximate surface area is 128 Å². The van der Waals surface area contributed by atoms with Gasteiger partial charge in [0.2, 0.25) is 0 Å². The number of halogens is 3. The largest absolute Gasteiger partial charge is 0.396 e. The first-order valence-corrected chi connectivity index (χ1v) is 7.49. The summed E-state index contributed by atoms with van der Waals surface area (Å²) < 4.78 is 14.7. The Morgan fingerprint density at radius 2 is 1.74 bits per heavy atom. The molecule has 2 rings (SSSR count). The maximum atomic E-state index is 13.2. The smallest absolute Gasteiger partial charge is 0.137 e. The summed E-state index contributed by atoms with van der Waals surface area (Å²) in [5, 5.41) is 9.54. The van der Waals surface area contributed by atoms with Crippen LogP contribution >= 0.6 is 31.9 Å². The van der Waals surface area contributed by atoms with E-state index in [-0.39, 0.29) is 18.3 Å². The molecule has 0 saturated carbocycles. The number of benzene rings is 2. The van der Waals surface area contributed by atoms with Crippen molar-refractivity contribution in [1.29, 1.82) is 0 Å². The molecule has 100 valence electrons. The molecule has 4 heteroatoms. The zero-order chi connectivity index (χ0) is 13.8. The van der Waals surface area contributed by atoms with E-state index in [0.29, 0.717) is 10.9 Å². The highest BCUT2D eigenvalue weighted by Gasteiger charge is 2.12. The fourth-order valence-electron chi connectivity index (χ4n) is 1.97. The molecule has 2 aromatic rings. The lowest BCUT2D eigenvalue weighted by atomic mass is 9.93. The molecule has 0 saturated heterocycles. The molecule has 0 aliphatic rings. The first-order valence-electron chi connectivity index (χ1n) is 5.90. The Morgan fingerprint density at radius 1 is 1.05 bits per heavy atom. The van der Waals surface area contributed by atoms with Crippen LogP contribution in [0.15, 0.2) is 51.4 Å². The summed E-state index contributed by atoms with van der Waals surface area (Å²) in [5.74, 6) is -0.251. The van der Waals surface area contributed by atoms with Gasteiger partial charge in [0.05, 0.1) is 11.1 Å². The first-order chi connectivity index (χ1) is 9.10.